The Balaban J connectivity index is 2.27. The maximum absolute atomic E-state index is 10.9. The van der Waals surface area contributed by atoms with Crippen LogP contribution in [0.4, 0.5) is 0 Å². The molecule has 0 aromatic carbocycles. The Morgan fingerprint density at radius 3 is 2.93 bits per heavy atom. The molecule has 1 aromatic heterocycles. The highest BCUT2D eigenvalue weighted by Crippen LogP contribution is 2.16. The fourth-order valence-electron chi connectivity index (χ4n) is 0.795. The van der Waals surface area contributed by atoms with Crippen LogP contribution in [0.3, 0.4) is 0 Å². The molecular weight excluding hydrogens is 202 g/mol. The van der Waals surface area contributed by atoms with Gasteiger partial charge in [-0.05, 0) is 0 Å². The predicted molar refractivity (Wildman–Crippen MR) is 53.1 cm³/mol. The average molecular weight is 215 g/mol. The normalized spacial score (nSPS) is 10.1. The van der Waals surface area contributed by atoms with Crippen LogP contribution >= 0.6 is 11.8 Å². The van der Waals surface area contributed by atoms with Crippen molar-refractivity contribution in [3.05, 3.63) is 5.89 Å². The number of hydrogen-bond acceptors (Lipinski definition) is 5. The summed E-state index contributed by atoms with van der Waals surface area (Å²) in [4.78, 5) is 10.9. The van der Waals surface area contributed by atoms with Gasteiger partial charge in [0.05, 0.1) is 0 Å². The zero-order valence-electron chi connectivity index (χ0n) is 8.24. The molecule has 1 N–H and O–H groups in total. The first-order chi connectivity index (χ1) is 6.76. The molecule has 0 aliphatic rings. The number of amides is 1. The van der Waals surface area contributed by atoms with Gasteiger partial charge in [-0.1, -0.05) is 18.7 Å². The molecule has 0 atom stereocenters. The summed E-state index contributed by atoms with van der Waals surface area (Å²) in [5.74, 6) is 1.31. The standard InChI is InChI=1S/C8H13N3O2S/c1-3-7-10-11-8(13-7)14-5-4-6(12)9-2/h3-5H2,1-2H3,(H,9,12). The van der Waals surface area contributed by atoms with Crippen molar-refractivity contribution in [1.29, 1.82) is 0 Å². The number of hydrogen-bond donors (Lipinski definition) is 1. The second-order valence-electron chi connectivity index (χ2n) is 2.59. The second-order valence-corrected chi connectivity index (χ2v) is 3.63. The number of nitrogens with zero attached hydrogens (tertiary/aromatic N) is 2. The minimum absolute atomic E-state index is 0.0210. The van der Waals surface area contributed by atoms with Gasteiger partial charge in [-0.25, -0.2) is 0 Å². The molecule has 6 heteroatoms. The number of thioether (sulfide) groups is 1. The highest BCUT2D eigenvalue weighted by molar-refractivity contribution is 7.99. The van der Waals surface area contributed by atoms with Gasteiger partial charge < -0.3 is 9.73 Å². The lowest BCUT2D eigenvalue weighted by Crippen LogP contribution is -2.17. The molecule has 0 radical (unpaired) electrons. The first-order valence-electron chi connectivity index (χ1n) is 4.42. The quantitative estimate of drug-likeness (QED) is 0.738. The van der Waals surface area contributed by atoms with Crippen molar-refractivity contribution in [2.24, 2.45) is 0 Å². The Labute approximate surface area is 86.7 Å². The van der Waals surface area contributed by atoms with Crippen molar-refractivity contribution >= 4 is 17.7 Å². The van der Waals surface area contributed by atoms with Gasteiger partial charge in [-0.2, -0.15) is 0 Å². The van der Waals surface area contributed by atoms with Crippen LogP contribution in [0.25, 0.3) is 0 Å². The minimum atomic E-state index is 0.0210. The zero-order valence-corrected chi connectivity index (χ0v) is 9.06. The van der Waals surface area contributed by atoms with Gasteiger partial charge in [0.15, 0.2) is 0 Å². The lowest BCUT2D eigenvalue weighted by molar-refractivity contribution is -0.120. The van der Waals surface area contributed by atoms with E-state index in [2.05, 4.69) is 15.5 Å². The second kappa shape index (κ2) is 5.64. The SMILES string of the molecule is CCc1nnc(SCCC(=O)NC)o1. The van der Waals surface area contributed by atoms with Crippen LogP contribution < -0.4 is 5.32 Å². The van der Waals surface area contributed by atoms with E-state index in [1.807, 2.05) is 6.92 Å². The van der Waals surface area contributed by atoms with E-state index in [4.69, 9.17) is 4.42 Å². The van der Waals surface area contributed by atoms with Crippen molar-refractivity contribution < 1.29 is 9.21 Å². The molecule has 1 heterocycles. The van der Waals surface area contributed by atoms with Crippen molar-refractivity contribution in [1.82, 2.24) is 15.5 Å². The third kappa shape index (κ3) is 3.37. The molecule has 0 spiro atoms. The van der Waals surface area contributed by atoms with Crippen LogP contribution in [0, 0.1) is 0 Å². The molecule has 78 valence electrons. The van der Waals surface area contributed by atoms with E-state index in [1.54, 1.807) is 7.05 Å². The minimum Gasteiger partial charge on any atom is -0.416 e. The van der Waals surface area contributed by atoms with Gasteiger partial charge in [-0.15, -0.1) is 10.2 Å². The molecule has 0 aliphatic carbocycles. The molecule has 1 aromatic rings. The summed E-state index contributed by atoms with van der Waals surface area (Å²) in [6, 6.07) is 0. The highest BCUT2D eigenvalue weighted by atomic mass is 32.2. The van der Waals surface area contributed by atoms with Crippen LogP contribution in [0.1, 0.15) is 19.2 Å². The molecule has 0 saturated heterocycles. The monoisotopic (exact) mass is 215 g/mol. The highest BCUT2D eigenvalue weighted by Gasteiger charge is 2.05. The Morgan fingerprint density at radius 2 is 2.36 bits per heavy atom. The van der Waals surface area contributed by atoms with Crippen molar-refractivity contribution in [2.45, 2.75) is 25.0 Å². The lowest BCUT2D eigenvalue weighted by Gasteiger charge is -1.95. The largest absolute Gasteiger partial charge is 0.416 e. The number of aromatic nitrogens is 2. The van der Waals surface area contributed by atoms with Crippen LogP contribution in [-0.2, 0) is 11.2 Å². The molecule has 14 heavy (non-hydrogen) atoms. The zero-order chi connectivity index (χ0) is 10.4. The average Bonchev–Trinajstić information content (AvgIpc) is 2.65. The molecule has 0 saturated carbocycles. The van der Waals surface area contributed by atoms with Crippen molar-refractivity contribution in [3.8, 4) is 0 Å². The van der Waals surface area contributed by atoms with Gasteiger partial charge in [-0.3, -0.25) is 4.79 Å². The number of carbonyl (C=O) groups is 1. The van der Waals surface area contributed by atoms with Gasteiger partial charge in [0.1, 0.15) is 0 Å². The summed E-state index contributed by atoms with van der Waals surface area (Å²) in [5, 5.41) is 10.7. The van der Waals surface area contributed by atoms with E-state index in [9.17, 15) is 4.79 Å². The molecule has 0 fully saturated rings. The summed E-state index contributed by atoms with van der Waals surface area (Å²) in [6.45, 7) is 1.95. The smallest absolute Gasteiger partial charge is 0.276 e. The maximum atomic E-state index is 10.9. The fourth-order valence-corrected chi connectivity index (χ4v) is 1.51. The number of aryl methyl sites for hydroxylation is 1. The predicted octanol–water partition coefficient (Wildman–Crippen LogP) is 0.860. The van der Waals surface area contributed by atoms with E-state index in [1.165, 1.54) is 11.8 Å². The topological polar surface area (TPSA) is 68.0 Å². The molecule has 0 aliphatic heterocycles. The Morgan fingerprint density at radius 1 is 1.57 bits per heavy atom. The van der Waals surface area contributed by atoms with E-state index >= 15 is 0 Å². The van der Waals surface area contributed by atoms with E-state index < -0.39 is 0 Å². The van der Waals surface area contributed by atoms with E-state index in [-0.39, 0.29) is 5.91 Å². The molecular formula is C8H13N3O2S. The van der Waals surface area contributed by atoms with Crippen molar-refractivity contribution in [2.75, 3.05) is 12.8 Å². The molecule has 1 rings (SSSR count). The van der Waals surface area contributed by atoms with Crippen LogP contribution in [0.15, 0.2) is 9.64 Å². The number of nitrogens with one attached hydrogen (secondary N) is 1. The first kappa shape index (κ1) is 11.0. The Hall–Kier alpha value is -1.04. The van der Waals surface area contributed by atoms with E-state index in [0.717, 1.165) is 6.42 Å². The van der Waals surface area contributed by atoms with Crippen molar-refractivity contribution in [3.63, 3.8) is 0 Å². The van der Waals surface area contributed by atoms with E-state index in [0.29, 0.717) is 23.3 Å². The third-order valence-electron chi connectivity index (χ3n) is 1.58. The van der Waals surface area contributed by atoms with Crippen LogP contribution in [0.2, 0.25) is 0 Å². The summed E-state index contributed by atoms with van der Waals surface area (Å²) < 4.78 is 5.26. The summed E-state index contributed by atoms with van der Waals surface area (Å²) in [6.07, 6.45) is 1.20. The summed E-state index contributed by atoms with van der Waals surface area (Å²) in [7, 11) is 1.62. The van der Waals surface area contributed by atoms with Gasteiger partial charge in [0, 0.05) is 25.6 Å². The Kier molecular flexibility index (Phi) is 4.45. The fraction of sp³-hybridized carbons (Fsp3) is 0.625. The van der Waals surface area contributed by atoms with Crippen LogP contribution in [-0.4, -0.2) is 28.9 Å². The lowest BCUT2D eigenvalue weighted by atomic mass is 10.5. The van der Waals surface area contributed by atoms with Gasteiger partial charge in [0.25, 0.3) is 5.22 Å². The van der Waals surface area contributed by atoms with Gasteiger partial charge >= 0.3 is 0 Å². The summed E-state index contributed by atoms with van der Waals surface area (Å²) >= 11 is 1.40. The molecule has 0 bridgehead atoms. The first-order valence-corrected chi connectivity index (χ1v) is 5.40. The number of carbonyl (C=O) groups excluding carboxylic acids is 1. The van der Waals surface area contributed by atoms with Crippen LogP contribution in [0.5, 0.6) is 0 Å². The third-order valence-corrected chi connectivity index (χ3v) is 2.40. The number of rotatable bonds is 5. The maximum Gasteiger partial charge on any atom is 0.276 e. The Bertz CT molecular complexity index is 301. The molecule has 1 amide bonds. The summed E-state index contributed by atoms with van der Waals surface area (Å²) in [5.41, 5.74) is 0. The van der Waals surface area contributed by atoms with Gasteiger partial charge in [0.2, 0.25) is 11.8 Å². The molecule has 5 nitrogen and oxygen atoms in total. The molecule has 0 unspecified atom stereocenters.